The molecule has 4 heteroatoms. The molecule has 3 rings (SSSR count). The third-order valence-electron chi connectivity index (χ3n) is 3.54. The Hall–Kier alpha value is -2.10. The fourth-order valence-corrected chi connectivity index (χ4v) is 2.24. The number of para-hydroxylation sites is 1. The van der Waals surface area contributed by atoms with Crippen molar-refractivity contribution in [3.05, 3.63) is 47.8 Å². The van der Waals surface area contributed by atoms with Crippen molar-refractivity contribution in [3.63, 3.8) is 0 Å². The van der Waals surface area contributed by atoms with Crippen LogP contribution in [0.2, 0.25) is 0 Å². The van der Waals surface area contributed by atoms with E-state index in [0.29, 0.717) is 18.5 Å². The van der Waals surface area contributed by atoms with Crippen LogP contribution in [0.3, 0.4) is 0 Å². The summed E-state index contributed by atoms with van der Waals surface area (Å²) in [5.74, 6) is -0.764. The van der Waals surface area contributed by atoms with Gasteiger partial charge in [-0.05, 0) is 38.0 Å². The molecule has 0 radical (unpaired) electrons. The van der Waals surface area contributed by atoms with Gasteiger partial charge in [-0.3, -0.25) is 4.79 Å². The molecule has 1 fully saturated rings. The second-order valence-electron chi connectivity index (χ2n) is 4.81. The van der Waals surface area contributed by atoms with Gasteiger partial charge in [0.1, 0.15) is 5.41 Å². The summed E-state index contributed by atoms with van der Waals surface area (Å²) < 4.78 is 1.80. The highest BCUT2D eigenvalue weighted by atomic mass is 16.4. The number of benzene rings is 1. The van der Waals surface area contributed by atoms with Crippen LogP contribution in [0, 0.1) is 6.92 Å². The van der Waals surface area contributed by atoms with E-state index in [0.717, 1.165) is 11.4 Å². The van der Waals surface area contributed by atoms with Crippen molar-refractivity contribution < 1.29 is 9.90 Å². The number of hydrogen-bond acceptors (Lipinski definition) is 2. The zero-order chi connectivity index (χ0) is 12.8. The normalized spacial score (nSPS) is 16.5. The Bertz CT molecular complexity index is 598. The Kier molecular flexibility index (Phi) is 2.26. The minimum atomic E-state index is -0.764. The maximum Gasteiger partial charge on any atom is 0.315 e. The molecule has 0 atom stereocenters. The second-order valence-corrected chi connectivity index (χ2v) is 4.81. The van der Waals surface area contributed by atoms with Crippen LogP contribution in [-0.4, -0.2) is 20.9 Å². The number of aryl methyl sites for hydroxylation is 1. The standard InChI is InChI=1S/C14H14N2O2/c1-10-9-12(14(7-8-14)13(17)18)15-16(10)11-5-3-2-4-6-11/h2-6,9H,7-8H2,1H3,(H,17,18). The molecule has 1 heterocycles. The summed E-state index contributed by atoms with van der Waals surface area (Å²) in [7, 11) is 0. The molecule has 2 aromatic rings. The highest BCUT2D eigenvalue weighted by Gasteiger charge is 2.53. The fraction of sp³-hybridized carbons (Fsp3) is 0.286. The Morgan fingerprint density at radius 2 is 2.00 bits per heavy atom. The highest BCUT2D eigenvalue weighted by molar-refractivity contribution is 5.84. The first-order valence-electron chi connectivity index (χ1n) is 5.99. The van der Waals surface area contributed by atoms with Gasteiger partial charge in [0.25, 0.3) is 0 Å². The number of carboxylic acids is 1. The number of rotatable bonds is 3. The largest absolute Gasteiger partial charge is 0.481 e. The van der Waals surface area contributed by atoms with Crippen molar-refractivity contribution >= 4 is 5.97 Å². The van der Waals surface area contributed by atoms with Gasteiger partial charge in [-0.1, -0.05) is 18.2 Å². The molecular formula is C14H14N2O2. The van der Waals surface area contributed by atoms with Crippen LogP contribution in [-0.2, 0) is 10.2 Å². The summed E-state index contributed by atoms with van der Waals surface area (Å²) in [6, 6.07) is 11.6. The van der Waals surface area contributed by atoms with Gasteiger partial charge in [0.2, 0.25) is 0 Å². The summed E-state index contributed by atoms with van der Waals surface area (Å²) >= 11 is 0. The number of hydrogen-bond donors (Lipinski definition) is 1. The SMILES string of the molecule is Cc1cc(C2(C(=O)O)CC2)nn1-c1ccccc1. The molecule has 0 bridgehead atoms. The molecule has 1 aromatic carbocycles. The van der Waals surface area contributed by atoms with Gasteiger partial charge in [-0.25, -0.2) is 4.68 Å². The van der Waals surface area contributed by atoms with Crippen LogP contribution in [0.25, 0.3) is 5.69 Å². The summed E-state index contributed by atoms with van der Waals surface area (Å²) in [6.45, 7) is 1.95. The van der Waals surface area contributed by atoms with Gasteiger partial charge < -0.3 is 5.11 Å². The first-order valence-corrected chi connectivity index (χ1v) is 5.99. The Balaban J connectivity index is 2.05. The predicted molar refractivity (Wildman–Crippen MR) is 66.8 cm³/mol. The number of carboxylic acid groups (broad SMARTS) is 1. The van der Waals surface area contributed by atoms with Gasteiger partial charge in [-0.2, -0.15) is 5.10 Å². The van der Waals surface area contributed by atoms with E-state index in [2.05, 4.69) is 5.10 Å². The molecule has 1 saturated carbocycles. The number of nitrogens with zero attached hydrogens (tertiary/aromatic N) is 2. The molecule has 0 amide bonds. The van der Waals surface area contributed by atoms with Crippen molar-refractivity contribution in [2.75, 3.05) is 0 Å². The summed E-state index contributed by atoms with van der Waals surface area (Å²) in [5.41, 5.74) is 1.87. The minimum absolute atomic E-state index is 0.677. The Labute approximate surface area is 105 Å². The van der Waals surface area contributed by atoms with E-state index in [9.17, 15) is 9.90 Å². The molecule has 1 aromatic heterocycles. The van der Waals surface area contributed by atoms with E-state index in [1.165, 1.54) is 0 Å². The van der Waals surface area contributed by atoms with Crippen molar-refractivity contribution in [1.82, 2.24) is 9.78 Å². The Morgan fingerprint density at radius 1 is 1.33 bits per heavy atom. The highest BCUT2D eigenvalue weighted by Crippen LogP contribution is 2.48. The quantitative estimate of drug-likeness (QED) is 0.898. The monoisotopic (exact) mass is 242 g/mol. The molecule has 4 nitrogen and oxygen atoms in total. The first-order chi connectivity index (χ1) is 8.63. The van der Waals surface area contributed by atoms with Gasteiger partial charge in [0.05, 0.1) is 11.4 Å². The zero-order valence-corrected chi connectivity index (χ0v) is 10.1. The first kappa shape index (κ1) is 11.0. The van der Waals surface area contributed by atoms with Crippen LogP contribution < -0.4 is 0 Å². The molecule has 18 heavy (non-hydrogen) atoms. The van der Waals surface area contributed by atoms with Crippen LogP contribution in [0.4, 0.5) is 0 Å². The summed E-state index contributed by atoms with van der Waals surface area (Å²) in [5, 5.41) is 13.7. The van der Waals surface area contributed by atoms with Crippen LogP contribution in [0.5, 0.6) is 0 Å². The topological polar surface area (TPSA) is 55.1 Å². The van der Waals surface area contributed by atoms with E-state index in [-0.39, 0.29) is 0 Å². The summed E-state index contributed by atoms with van der Waals surface area (Å²) in [4.78, 5) is 11.3. The molecule has 0 aliphatic heterocycles. The lowest BCUT2D eigenvalue weighted by atomic mass is 10.0. The van der Waals surface area contributed by atoms with E-state index in [1.807, 2.05) is 43.3 Å². The minimum Gasteiger partial charge on any atom is -0.481 e. The van der Waals surface area contributed by atoms with Gasteiger partial charge in [0.15, 0.2) is 0 Å². The van der Waals surface area contributed by atoms with E-state index >= 15 is 0 Å². The fourth-order valence-electron chi connectivity index (χ4n) is 2.24. The van der Waals surface area contributed by atoms with Crippen molar-refractivity contribution in [2.45, 2.75) is 25.2 Å². The van der Waals surface area contributed by atoms with Crippen LogP contribution in [0.1, 0.15) is 24.2 Å². The van der Waals surface area contributed by atoms with Crippen LogP contribution >= 0.6 is 0 Å². The maximum atomic E-state index is 11.3. The molecule has 1 aliphatic carbocycles. The molecule has 0 unspecified atom stereocenters. The predicted octanol–water partition coefficient (Wildman–Crippen LogP) is 2.30. The molecule has 92 valence electrons. The third kappa shape index (κ3) is 1.53. The number of aromatic nitrogens is 2. The van der Waals surface area contributed by atoms with Gasteiger partial charge >= 0.3 is 5.97 Å². The number of carbonyl (C=O) groups is 1. The third-order valence-corrected chi connectivity index (χ3v) is 3.54. The molecule has 0 saturated heterocycles. The summed E-state index contributed by atoms with van der Waals surface area (Å²) in [6.07, 6.45) is 1.38. The second kappa shape index (κ2) is 3.70. The van der Waals surface area contributed by atoms with E-state index in [4.69, 9.17) is 0 Å². The molecule has 1 N–H and O–H groups in total. The van der Waals surface area contributed by atoms with Crippen molar-refractivity contribution in [2.24, 2.45) is 0 Å². The molecule has 0 spiro atoms. The average Bonchev–Trinajstić information content (AvgIpc) is 3.09. The van der Waals surface area contributed by atoms with E-state index in [1.54, 1.807) is 4.68 Å². The van der Waals surface area contributed by atoms with Gasteiger partial charge in [0, 0.05) is 5.69 Å². The lowest BCUT2D eigenvalue weighted by molar-refractivity contribution is -0.140. The lowest BCUT2D eigenvalue weighted by Crippen LogP contribution is -2.20. The lowest BCUT2D eigenvalue weighted by Gasteiger charge is -2.05. The van der Waals surface area contributed by atoms with Crippen LogP contribution in [0.15, 0.2) is 36.4 Å². The average molecular weight is 242 g/mol. The molecule has 1 aliphatic rings. The maximum absolute atomic E-state index is 11.3. The van der Waals surface area contributed by atoms with Crippen molar-refractivity contribution in [1.29, 1.82) is 0 Å². The smallest absolute Gasteiger partial charge is 0.315 e. The van der Waals surface area contributed by atoms with Crippen molar-refractivity contribution in [3.8, 4) is 5.69 Å². The van der Waals surface area contributed by atoms with Gasteiger partial charge in [-0.15, -0.1) is 0 Å². The number of aliphatic carboxylic acids is 1. The molecular weight excluding hydrogens is 228 g/mol. The zero-order valence-electron chi connectivity index (χ0n) is 10.1. The van der Waals surface area contributed by atoms with E-state index < -0.39 is 11.4 Å². The Morgan fingerprint density at radius 3 is 2.56 bits per heavy atom.